The molecule has 0 bridgehead atoms. The van der Waals surface area contributed by atoms with Crippen molar-refractivity contribution < 1.29 is 4.79 Å². The Kier molecular flexibility index (Phi) is 4.74. The molecular weight excluding hydrogens is 310 g/mol. The number of para-hydroxylation sites is 1. The average molecular weight is 326 g/mol. The molecule has 0 aliphatic carbocycles. The molecule has 0 atom stereocenters. The van der Waals surface area contributed by atoms with Gasteiger partial charge in [-0.1, -0.05) is 48.0 Å². The second-order valence-corrected chi connectivity index (χ2v) is 5.51. The summed E-state index contributed by atoms with van der Waals surface area (Å²) in [5, 5.41) is 7.83. The third-order valence-corrected chi connectivity index (χ3v) is 3.87. The fourth-order valence-corrected chi connectivity index (χ4v) is 2.51. The van der Waals surface area contributed by atoms with E-state index < -0.39 is 0 Å². The van der Waals surface area contributed by atoms with Gasteiger partial charge in [0.25, 0.3) is 5.91 Å². The molecule has 0 aliphatic rings. The van der Waals surface area contributed by atoms with Crippen molar-refractivity contribution in [2.75, 3.05) is 6.54 Å². The van der Waals surface area contributed by atoms with Crippen LogP contribution in [-0.2, 0) is 6.42 Å². The lowest BCUT2D eigenvalue weighted by Crippen LogP contribution is -2.25. The van der Waals surface area contributed by atoms with Crippen LogP contribution in [0.15, 0.2) is 67.0 Å². The SMILES string of the molecule is O=C(NCCc1ccccc1Cl)c1cnn(-c2ccccc2)c1. The quantitative estimate of drug-likeness (QED) is 0.780. The van der Waals surface area contributed by atoms with Gasteiger partial charge in [0.2, 0.25) is 0 Å². The maximum atomic E-state index is 12.2. The van der Waals surface area contributed by atoms with Crippen molar-refractivity contribution in [1.29, 1.82) is 0 Å². The normalized spacial score (nSPS) is 10.5. The first kappa shape index (κ1) is 15.3. The number of aromatic nitrogens is 2. The molecule has 23 heavy (non-hydrogen) atoms. The third-order valence-electron chi connectivity index (χ3n) is 3.50. The van der Waals surface area contributed by atoms with E-state index in [1.807, 2.05) is 54.6 Å². The molecule has 1 aromatic heterocycles. The van der Waals surface area contributed by atoms with Crippen LogP contribution in [0.5, 0.6) is 0 Å². The number of halogens is 1. The summed E-state index contributed by atoms with van der Waals surface area (Å²) in [6, 6.07) is 17.3. The highest BCUT2D eigenvalue weighted by molar-refractivity contribution is 6.31. The van der Waals surface area contributed by atoms with Crippen LogP contribution in [0.25, 0.3) is 5.69 Å². The van der Waals surface area contributed by atoms with E-state index >= 15 is 0 Å². The molecule has 0 fully saturated rings. The van der Waals surface area contributed by atoms with E-state index in [1.165, 1.54) is 0 Å². The molecule has 3 rings (SSSR count). The van der Waals surface area contributed by atoms with E-state index in [0.717, 1.165) is 16.3 Å². The molecule has 4 nitrogen and oxygen atoms in total. The molecule has 0 unspecified atom stereocenters. The molecule has 0 radical (unpaired) electrons. The van der Waals surface area contributed by atoms with Gasteiger partial charge in [0.1, 0.15) is 0 Å². The predicted octanol–water partition coefficient (Wildman–Crippen LogP) is 3.50. The maximum Gasteiger partial charge on any atom is 0.254 e. The van der Waals surface area contributed by atoms with Gasteiger partial charge in [0.15, 0.2) is 0 Å². The van der Waals surface area contributed by atoms with Crippen molar-refractivity contribution >= 4 is 17.5 Å². The first-order chi connectivity index (χ1) is 11.2. The van der Waals surface area contributed by atoms with Gasteiger partial charge in [-0.05, 0) is 30.2 Å². The van der Waals surface area contributed by atoms with Gasteiger partial charge in [-0.2, -0.15) is 5.10 Å². The summed E-state index contributed by atoms with van der Waals surface area (Å²) in [6.07, 6.45) is 3.98. The zero-order valence-corrected chi connectivity index (χ0v) is 13.2. The predicted molar refractivity (Wildman–Crippen MR) is 91.1 cm³/mol. The highest BCUT2D eigenvalue weighted by Crippen LogP contribution is 2.15. The summed E-state index contributed by atoms with van der Waals surface area (Å²) in [7, 11) is 0. The molecule has 0 saturated heterocycles. The molecule has 0 spiro atoms. The van der Waals surface area contributed by atoms with Crippen molar-refractivity contribution in [2.45, 2.75) is 6.42 Å². The zero-order valence-electron chi connectivity index (χ0n) is 12.4. The van der Waals surface area contributed by atoms with Crippen LogP contribution in [0, 0.1) is 0 Å². The van der Waals surface area contributed by atoms with Crippen LogP contribution < -0.4 is 5.32 Å². The Bertz CT molecular complexity index is 799. The molecule has 116 valence electrons. The van der Waals surface area contributed by atoms with Crippen molar-refractivity contribution in [2.24, 2.45) is 0 Å². The van der Waals surface area contributed by atoms with Crippen molar-refractivity contribution in [3.63, 3.8) is 0 Å². The van der Waals surface area contributed by atoms with Crippen molar-refractivity contribution in [3.8, 4) is 5.69 Å². The molecule has 3 aromatic rings. The zero-order chi connectivity index (χ0) is 16.1. The highest BCUT2D eigenvalue weighted by Gasteiger charge is 2.09. The Hall–Kier alpha value is -2.59. The largest absolute Gasteiger partial charge is 0.352 e. The van der Waals surface area contributed by atoms with Crippen molar-refractivity contribution in [1.82, 2.24) is 15.1 Å². The van der Waals surface area contributed by atoms with Crippen LogP contribution in [-0.4, -0.2) is 22.2 Å². The number of hydrogen-bond acceptors (Lipinski definition) is 2. The summed E-state index contributed by atoms with van der Waals surface area (Å²) in [5.41, 5.74) is 2.48. The van der Waals surface area contributed by atoms with Gasteiger partial charge >= 0.3 is 0 Å². The number of hydrogen-bond donors (Lipinski definition) is 1. The molecule has 0 saturated carbocycles. The Morgan fingerprint density at radius 1 is 1.09 bits per heavy atom. The Labute approximate surface area is 139 Å². The van der Waals surface area contributed by atoms with Crippen LogP contribution >= 0.6 is 11.6 Å². The minimum absolute atomic E-state index is 0.140. The van der Waals surface area contributed by atoms with Crippen LogP contribution in [0.1, 0.15) is 15.9 Å². The number of amides is 1. The Balaban J connectivity index is 1.59. The van der Waals surface area contributed by atoms with Crippen LogP contribution in [0.3, 0.4) is 0 Å². The minimum Gasteiger partial charge on any atom is -0.352 e. The lowest BCUT2D eigenvalue weighted by atomic mass is 10.1. The van der Waals surface area contributed by atoms with E-state index in [2.05, 4.69) is 10.4 Å². The molecule has 1 N–H and O–H groups in total. The fraction of sp³-hybridized carbons (Fsp3) is 0.111. The molecule has 1 amide bonds. The standard InChI is InChI=1S/C18H16ClN3O/c19-17-9-5-4-6-14(17)10-11-20-18(23)15-12-21-22(13-15)16-7-2-1-3-8-16/h1-9,12-13H,10-11H2,(H,20,23). The van der Waals surface area contributed by atoms with Gasteiger partial charge in [-0.15, -0.1) is 0 Å². The second-order valence-electron chi connectivity index (χ2n) is 5.11. The van der Waals surface area contributed by atoms with Gasteiger partial charge in [-0.25, -0.2) is 4.68 Å². The van der Waals surface area contributed by atoms with Crippen LogP contribution in [0.4, 0.5) is 0 Å². The van der Waals surface area contributed by atoms with Crippen molar-refractivity contribution in [3.05, 3.63) is 83.1 Å². The summed E-state index contributed by atoms with van der Waals surface area (Å²) in [4.78, 5) is 12.2. The summed E-state index contributed by atoms with van der Waals surface area (Å²) in [6.45, 7) is 0.527. The number of carbonyl (C=O) groups excluding carboxylic acids is 1. The topological polar surface area (TPSA) is 46.9 Å². The number of benzene rings is 2. The summed E-state index contributed by atoms with van der Waals surface area (Å²) >= 11 is 6.10. The highest BCUT2D eigenvalue weighted by atomic mass is 35.5. The van der Waals surface area contributed by atoms with Gasteiger partial charge in [-0.3, -0.25) is 4.79 Å². The molecule has 5 heteroatoms. The molecular formula is C18H16ClN3O. The number of carbonyl (C=O) groups is 1. The first-order valence-corrected chi connectivity index (χ1v) is 7.73. The van der Waals surface area contributed by atoms with Crippen LogP contribution in [0.2, 0.25) is 5.02 Å². The third kappa shape index (κ3) is 3.79. The number of nitrogens with zero attached hydrogens (tertiary/aromatic N) is 2. The fourth-order valence-electron chi connectivity index (χ4n) is 2.28. The number of nitrogens with one attached hydrogen (secondary N) is 1. The smallest absolute Gasteiger partial charge is 0.254 e. The summed E-state index contributed by atoms with van der Waals surface area (Å²) in [5.74, 6) is -0.140. The second kappa shape index (κ2) is 7.11. The minimum atomic E-state index is -0.140. The first-order valence-electron chi connectivity index (χ1n) is 7.36. The lowest BCUT2D eigenvalue weighted by molar-refractivity contribution is 0.0954. The maximum absolute atomic E-state index is 12.2. The lowest BCUT2D eigenvalue weighted by Gasteiger charge is -2.05. The van der Waals surface area contributed by atoms with E-state index in [-0.39, 0.29) is 5.91 Å². The average Bonchev–Trinajstić information content (AvgIpc) is 3.07. The van der Waals surface area contributed by atoms with Gasteiger partial charge in [0.05, 0.1) is 17.4 Å². The Morgan fingerprint density at radius 2 is 1.83 bits per heavy atom. The van der Waals surface area contributed by atoms with E-state index in [4.69, 9.17) is 11.6 Å². The number of rotatable bonds is 5. The Morgan fingerprint density at radius 3 is 2.61 bits per heavy atom. The van der Waals surface area contributed by atoms with Gasteiger partial charge in [0, 0.05) is 17.8 Å². The molecule has 0 aliphatic heterocycles. The monoisotopic (exact) mass is 325 g/mol. The van der Waals surface area contributed by atoms with Gasteiger partial charge < -0.3 is 5.32 Å². The van der Waals surface area contributed by atoms with E-state index in [9.17, 15) is 4.79 Å². The summed E-state index contributed by atoms with van der Waals surface area (Å²) < 4.78 is 1.68. The van der Waals surface area contributed by atoms with E-state index in [0.29, 0.717) is 18.5 Å². The van der Waals surface area contributed by atoms with E-state index in [1.54, 1.807) is 17.1 Å². The molecule has 2 aromatic carbocycles. The molecule has 1 heterocycles.